The van der Waals surface area contributed by atoms with Crippen molar-refractivity contribution in [2.75, 3.05) is 39.3 Å². The highest BCUT2D eigenvalue weighted by atomic mass is 16.5. The number of anilines is 1. The van der Waals surface area contributed by atoms with Gasteiger partial charge in [0.25, 0.3) is 0 Å². The van der Waals surface area contributed by atoms with Gasteiger partial charge in [-0.15, -0.1) is 0 Å². The predicted octanol–water partition coefficient (Wildman–Crippen LogP) is 1.67. The van der Waals surface area contributed by atoms with Gasteiger partial charge in [0.15, 0.2) is 0 Å². The first-order valence-electron chi connectivity index (χ1n) is 6.79. The smallest absolute Gasteiger partial charge is 0.326 e. The number of methoxy groups -OCH3 is 1. The number of benzene rings is 1. The lowest BCUT2D eigenvalue weighted by Crippen LogP contribution is -2.42. The van der Waals surface area contributed by atoms with Gasteiger partial charge in [0.1, 0.15) is 18.4 Å². The van der Waals surface area contributed by atoms with Crippen molar-refractivity contribution in [3.8, 4) is 5.75 Å². The predicted molar refractivity (Wildman–Crippen MR) is 80.4 cm³/mol. The molecule has 0 spiro atoms. The molecule has 1 atom stereocenters. The molecular weight excluding hydrogens is 256 g/mol. The number of rotatable bonds is 8. The van der Waals surface area contributed by atoms with Crippen LogP contribution in [0.3, 0.4) is 0 Å². The van der Waals surface area contributed by atoms with Gasteiger partial charge >= 0.3 is 5.97 Å². The standard InChI is InChI=1S/C15H24N2O3/c1-5-9-16-14(15(18)19-4)11-20-13-8-6-7-12(10-13)17(2)3/h6-8,10,14,16H,5,9,11H2,1-4H3. The van der Waals surface area contributed by atoms with Crippen LogP contribution in [-0.4, -0.2) is 46.4 Å². The van der Waals surface area contributed by atoms with E-state index in [-0.39, 0.29) is 12.6 Å². The van der Waals surface area contributed by atoms with Gasteiger partial charge in [0, 0.05) is 25.8 Å². The molecule has 1 unspecified atom stereocenters. The topological polar surface area (TPSA) is 50.8 Å². The monoisotopic (exact) mass is 280 g/mol. The number of ether oxygens (including phenoxy) is 2. The second kappa shape index (κ2) is 8.43. The third kappa shape index (κ3) is 5.09. The Morgan fingerprint density at radius 1 is 1.40 bits per heavy atom. The Kier molecular flexibility index (Phi) is 6.87. The number of esters is 1. The SMILES string of the molecule is CCCNC(COc1cccc(N(C)C)c1)C(=O)OC. The van der Waals surface area contributed by atoms with Crippen LogP contribution in [0.1, 0.15) is 13.3 Å². The summed E-state index contributed by atoms with van der Waals surface area (Å²) in [5, 5.41) is 3.12. The Morgan fingerprint density at radius 2 is 2.15 bits per heavy atom. The van der Waals surface area contributed by atoms with E-state index >= 15 is 0 Å². The molecule has 0 bridgehead atoms. The van der Waals surface area contributed by atoms with E-state index in [2.05, 4.69) is 5.32 Å². The first-order valence-corrected chi connectivity index (χ1v) is 6.79. The van der Waals surface area contributed by atoms with Crippen molar-refractivity contribution < 1.29 is 14.3 Å². The maximum Gasteiger partial charge on any atom is 0.326 e. The molecule has 1 aromatic rings. The Morgan fingerprint density at radius 3 is 2.75 bits per heavy atom. The van der Waals surface area contributed by atoms with Crippen molar-refractivity contribution in [3.05, 3.63) is 24.3 Å². The zero-order valence-electron chi connectivity index (χ0n) is 12.7. The summed E-state index contributed by atoms with van der Waals surface area (Å²) < 4.78 is 10.5. The fourth-order valence-corrected chi connectivity index (χ4v) is 1.70. The number of nitrogens with one attached hydrogen (secondary N) is 1. The third-order valence-corrected chi connectivity index (χ3v) is 2.88. The van der Waals surface area contributed by atoms with Crippen molar-refractivity contribution in [2.45, 2.75) is 19.4 Å². The number of hydrogen-bond donors (Lipinski definition) is 1. The van der Waals surface area contributed by atoms with E-state index in [0.717, 1.165) is 24.4 Å². The highest BCUT2D eigenvalue weighted by Gasteiger charge is 2.19. The number of hydrogen-bond acceptors (Lipinski definition) is 5. The molecule has 0 fully saturated rings. The molecule has 0 radical (unpaired) electrons. The molecule has 0 saturated heterocycles. The number of carbonyl (C=O) groups excluding carboxylic acids is 1. The summed E-state index contributed by atoms with van der Waals surface area (Å²) in [6.07, 6.45) is 0.948. The summed E-state index contributed by atoms with van der Waals surface area (Å²) in [5.74, 6) is 0.436. The first kappa shape index (κ1) is 16.3. The summed E-state index contributed by atoms with van der Waals surface area (Å²) in [4.78, 5) is 13.6. The average molecular weight is 280 g/mol. The van der Waals surface area contributed by atoms with E-state index in [1.165, 1.54) is 7.11 Å². The van der Waals surface area contributed by atoms with E-state index in [1.807, 2.05) is 50.2 Å². The molecule has 5 heteroatoms. The molecule has 0 saturated carbocycles. The summed E-state index contributed by atoms with van der Waals surface area (Å²) in [5.41, 5.74) is 1.05. The third-order valence-electron chi connectivity index (χ3n) is 2.88. The summed E-state index contributed by atoms with van der Waals surface area (Å²) in [6, 6.07) is 7.30. The van der Waals surface area contributed by atoms with Crippen molar-refractivity contribution in [1.82, 2.24) is 5.32 Å². The summed E-state index contributed by atoms with van der Waals surface area (Å²) in [6.45, 7) is 3.05. The lowest BCUT2D eigenvalue weighted by Gasteiger charge is -2.18. The molecule has 112 valence electrons. The minimum atomic E-state index is -0.442. The van der Waals surface area contributed by atoms with Crippen molar-refractivity contribution in [2.24, 2.45) is 0 Å². The van der Waals surface area contributed by atoms with Crippen molar-refractivity contribution in [3.63, 3.8) is 0 Å². The van der Waals surface area contributed by atoms with Crippen LogP contribution in [0.25, 0.3) is 0 Å². The van der Waals surface area contributed by atoms with E-state index in [0.29, 0.717) is 0 Å². The van der Waals surface area contributed by atoms with Crippen molar-refractivity contribution >= 4 is 11.7 Å². The Bertz CT molecular complexity index is 421. The molecule has 1 rings (SSSR count). The quantitative estimate of drug-likeness (QED) is 0.734. The molecule has 20 heavy (non-hydrogen) atoms. The van der Waals surface area contributed by atoms with Crippen LogP contribution in [0.2, 0.25) is 0 Å². The minimum Gasteiger partial charge on any atom is -0.491 e. The Hall–Kier alpha value is -1.75. The average Bonchev–Trinajstić information content (AvgIpc) is 2.47. The second-order valence-electron chi connectivity index (χ2n) is 4.73. The van der Waals surface area contributed by atoms with Gasteiger partial charge < -0.3 is 19.7 Å². The van der Waals surface area contributed by atoms with Crippen molar-refractivity contribution in [1.29, 1.82) is 0 Å². The minimum absolute atomic E-state index is 0.254. The fourth-order valence-electron chi connectivity index (χ4n) is 1.70. The van der Waals surface area contributed by atoms with E-state index in [1.54, 1.807) is 0 Å². The zero-order chi connectivity index (χ0) is 15.0. The largest absolute Gasteiger partial charge is 0.491 e. The lowest BCUT2D eigenvalue weighted by molar-refractivity contribution is -0.143. The highest BCUT2D eigenvalue weighted by Crippen LogP contribution is 2.19. The van der Waals surface area contributed by atoms with Crippen LogP contribution in [-0.2, 0) is 9.53 Å². The highest BCUT2D eigenvalue weighted by molar-refractivity contribution is 5.75. The van der Waals surface area contributed by atoms with Gasteiger partial charge in [0.05, 0.1) is 7.11 Å². The Balaban J connectivity index is 2.62. The molecule has 0 aliphatic carbocycles. The molecule has 0 aromatic heterocycles. The molecule has 0 aliphatic rings. The van der Waals surface area contributed by atoms with Gasteiger partial charge in [0.2, 0.25) is 0 Å². The van der Waals surface area contributed by atoms with Crippen LogP contribution < -0.4 is 15.0 Å². The van der Waals surface area contributed by atoms with Gasteiger partial charge in [-0.1, -0.05) is 13.0 Å². The number of carbonyl (C=O) groups is 1. The van der Waals surface area contributed by atoms with E-state index < -0.39 is 6.04 Å². The van der Waals surface area contributed by atoms with Crippen LogP contribution in [0.4, 0.5) is 5.69 Å². The van der Waals surface area contributed by atoms with E-state index in [9.17, 15) is 4.79 Å². The van der Waals surface area contributed by atoms with Crippen LogP contribution in [0.5, 0.6) is 5.75 Å². The summed E-state index contributed by atoms with van der Waals surface area (Å²) in [7, 11) is 5.33. The van der Waals surface area contributed by atoms with Crippen LogP contribution in [0.15, 0.2) is 24.3 Å². The molecule has 0 heterocycles. The molecule has 0 amide bonds. The molecular formula is C15H24N2O3. The maximum absolute atomic E-state index is 11.6. The first-order chi connectivity index (χ1) is 9.58. The second-order valence-corrected chi connectivity index (χ2v) is 4.73. The molecule has 5 nitrogen and oxygen atoms in total. The maximum atomic E-state index is 11.6. The van der Waals surface area contributed by atoms with E-state index in [4.69, 9.17) is 9.47 Å². The van der Waals surface area contributed by atoms with Crippen LogP contribution in [0, 0.1) is 0 Å². The fraction of sp³-hybridized carbons (Fsp3) is 0.533. The zero-order valence-corrected chi connectivity index (χ0v) is 12.7. The van der Waals surface area contributed by atoms with Gasteiger partial charge in [-0.25, -0.2) is 0 Å². The lowest BCUT2D eigenvalue weighted by atomic mass is 10.2. The summed E-state index contributed by atoms with van der Waals surface area (Å²) >= 11 is 0. The van der Waals surface area contributed by atoms with Gasteiger partial charge in [-0.05, 0) is 25.1 Å². The molecule has 1 N–H and O–H groups in total. The van der Waals surface area contributed by atoms with Crippen LogP contribution >= 0.6 is 0 Å². The van der Waals surface area contributed by atoms with Gasteiger partial charge in [-0.3, -0.25) is 4.79 Å². The number of nitrogens with zero attached hydrogens (tertiary/aromatic N) is 1. The molecule has 1 aromatic carbocycles. The van der Waals surface area contributed by atoms with Gasteiger partial charge in [-0.2, -0.15) is 0 Å². The normalized spacial score (nSPS) is 11.8. The Labute approximate surface area is 120 Å². The molecule has 0 aliphatic heterocycles.